The number of benzene rings is 1. The number of ether oxygens (including phenoxy) is 1. The molecule has 4 heterocycles. The maximum absolute atomic E-state index is 15.4. The third kappa shape index (κ3) is 4.29. The molecule has 0 radical (unpaired) electrons. The number of carbonyl (C=O) groups is 1. The molecule has 9 nitrogen and oxygen atoms in total. The number of nitrogens with zero attached hydrogens (tertiary/aromatic N) is 6. The SMILES string of the molecule is [2H]C([2H])([2H])Oc1nc(N[C@@H]2CN(C(C)=O)CC2(F)F)nn2cc(F)c(-c3ccc4nc(C)n(CC(F)F)c4c3)c12. The van der Waals surface area contributed by atoms with Crippen LogP contribution in [0, 0.1) is 12.7 Å². The summed E-state index contributed by atoms with van der Waals surface area (Å²) in [4.78, 5) is 20.7. The molecular weight excluding hydrogens is 501 g/mol. The van der Waals surface area contributed by atoms with Gasteiger partial charge in [-0.1, -0.05) is 6.07 Å². The molecule has 0 aliphatic carbocycles. The topological polar surface area (TPSA) is 89.6 Å². The number of halogens is 5. The Labute approximate surface area is 211 Å². The van der Waals surface area contributed by atoms with Gasteiger partial charge in [0.1, 0.15) is 17.4 Å². The summed E-state index contributed by atoms with van der Waals surface area (Å²) >= 11 is 0. The van der Waals surface area contributed by atoms with Gasteiger partial charge < -0.3 is 19.5 Å². The van der Waals surface area contributed by atoms with E-state index in [4.69, 9.17) is 8.85 Å². The minimum Gasteiger partial charge on any atom is -0.479 e. The molecule has 37 heavy (non-hydrogen) atoms. The lowest BCUT2D eigenvalue weighted by molar-refractivity contribution is -0.129. The molecule has 3 aromatic heterocycles. The molecule has 1 fully saturated rings. The lowest BCUT2D eigenvalue weighted by atomic mass is 10.1. The maximum atomic E-state index is 15.4. The van der Waals surface area contributed by atoms with Gasteiger partial charge >= 0.3 is 0 Å². The zero-order valence-electron chi connectivity index (χ0n) is 22.5. The van der Waals surface area contributed by atoms with Crippen LogP contribution in [0.1, 0.15) is 16.9 Å². The van der Waals surface area contributed by atoms with Crippen molar-refractivity contribution in [3.05, 3.63) is 36.0 Å². The van der Waals surface area contributed by atoms with Gasteiger partial charge in [0, 0.05) is 13.5 Å². The largest absolute Gasteiger partial charge is 0.479 e. The van der Waals surface area contributed by atoms with Crippen LogP contribution in [-0.2, 0) is 11.3 Å². The van der Waals surface area contributed by atoms with E-state index in [9.17, 15) is 22.4 Å². The van der Waals surface area contributed by atoms with Crippen molar-refractivity contribution in [2.24, 2.45) is 0 Å². The van der Waals surface area contributed by atoms with Crippen molar-refractivity contribution in [2.75, 3.05) is 25.4 Å². The van der Waals surface area contributed by atoms with E-state index in [1.54, 1.807) is 6.92 Å². The third-order valence-electron chi connectivity index (χ3n) is 6.26. The molecule has 0 bridgehead atoms. The molecular formula is C23H22F5N7O2. The molecule has 1 aliphatic rings. The Balaban J connectivity index is 1.63. The lowest BCUT2D eigenvalue weighted by Gasteiger charge is -2.19. The number of carbonyl (C=O) groups excluding carboxylic acids is 1. The number of nitrogens with one attached hydrogen (secondary N) is 1. The molecule has 0 unspecified atom stereocenters. The van der Waals surface area contributed by atoms with Crippen molar-refractivity contribution in [1.82, 2.24) is 29.0 Å². The second-order valence-electron chi connectivity index (χ2n) is 8.71. The number of methoxy groups -OCH3 is 1. The monoisotopic (exact) mass is 526 g/mol. The second-order valence-corrected chi connectivity index (χ2v) is 8.71. The minimum absolute atomic E-state index is 0.155. The Hall–Kier alpha value is -3.97. The summed E-state index contributed by atoms with van der Waals surface area (Å²) in [5.41, 5.74) is 0.375. The van der Waals surface area contributed by atoms with Crippen LogP contribution in [0.4, 0.5) is 27.9 Å². The van der Waals surface area contributed by atoms with E-state index in [2.05, 4.69) is 20.4 Å². The van der Waals surface area contributed by atoms with Gasteiger partial charge in [0.2, 0.25) is 17.7 Å². The van der Waals surface area contributed by atoms with Crippen LogP contribution < -0.4 is 10.1 Å². The number of anilines is 1. The van der Waals surface area contributed by atoms with Gasteiger partial charge in [-0.05, 0) is 24.6 Å². The Morgan fingerprint density at radius 1 is 1.35 bits per heavy atom. The number of hydrogen-bond acceptors (Lipinski definition) is 6. The average Bonchev–Trinajstić information content (AvgIpc) is 3.42. The van der Waals surface area contributed by atoms with Crippen LogP contribution in [0.5, 0.6) is 5.88 Å². The number of aryl methyl sites for hydroxylation is 1. The first-order chi connectivity index (χ1) is 18.6. The highest BCUT2D eigenvalue weighted by molar-refractivity contribution is 5.90. The standard InChI is InChI=1S/C23H22F5N7O2/c1-11-29-15-5-4-13(6-16(15)34(11)9-18(25)26)19-14(24)7-35-20(19)21(37-3)31-22(32-35)30-17-8-33(12(2)36)10-23(17,27)28/h4-7,17-18H,8-10H2,1-3H3,(H,30,32)/t17-/m1/s1/i3D3. The van der Waals surface area contributed by atoms with Crippen LogP contribution in [0.2, 0.25) is 0 Å². The Kier molecular flexibility index (Phi) is 5.06. The number of imidazole rings is 1. The molecule has 196 valence electrons. The summed E-state index contributed by atoms with van der Waals surface area (Å²) in [7, 11) is -3.07. The Bertz CT molecular complexity index is 1620. The van der Waals surface area contributed by atoms with E-state index >= 15 is 4.39 Å². The number of likely N-dealkylation sites (tertiary alicyclic amines) is 1. The zero-order valence-corrected chi connectivity index (χ0v) is 19.5. The number of fused-ring (bicyclic) bond motifs is 2. The van der Waals surface area contributed by atoms with Gasteiger partial charge in [-0.3, -0.25) is 4.79 Å². The van der Waals surface area contributed by atoms with E-state index in [0.717, 1.165) is 22.5 Å². The van der Waals surface area contributed by atoms with Crippen molar-refractivity contribution in [3.63, 3.8) is 0 Å². The lowest BCUT2D eigenvalue weighted by Crippen LogP contribution is -2.38. The number of alkyl halides is 4. The molecule has 0 spiro atoms. The summed E-state index contributed by atoms with van der Waals surface area (Å²) in [5.74, 6) is -5.65. The van der Waals surface area contributed by atoms with Gasteiger partial charge in [0.15, 0.2) is 5.82 Å². The minimum atomic E-state index is -3.36. The first-order valence-corrected chi connectivity index (χ1v) is 11.1. The first-order valence-electron chi connectivity index (χ1n) is 12.6. The molecule has 14 heteroatoms. The summed E-state index contributed by atoms with van der Waals surface area (Å²) in [6.45, 7) is 0.823. The maximum Gasteiger partial charge on any atom is 0.286 e. The summed E-state index contributed by atoms with van der Waals surface area (Å²) in [5, 5.41) is 6.43. The zero-order chi connectivity index (χ0) is 29.1. The van der Waals surface area contributed by atoms with Gasteiger partial charge in [-0.15, -0.1) is 5.10 Å². The van der Waals surface area contributed by atoms with Crippen LogP contribution >= 0.6 is 0 Å². The summed E-state index contributed by atoms with van der Waals surface area (Å²) < 4.78 is 101. The molecule has 4 aromatic rings. The van der Waals surface area contributed by atoms with Crippen LogP contribution in [-0.4, -0.2) is 73.5 Å². The van der Waals surface area contributed by atoms with Crippen molar-refractivity contribution in [1.29, 1.82) is 0 Å². The molecule has 1 N–H and O–H groups in total. The van der Waals surface area contributed by atoms with Gasteiger partial charge in [0.25, 0.3) is 12.3 Å². The summed E-state index contributed by atoms with van der Waals surface area (Å²) in [6, 6.07) is 2.75. The normalized spacial score (nSPS) is 18.9. The van der Waals surface area contributed by atoms with Crippen molar-refractivity contribution < 1.29 is 35.6 Å². The fourth-order valence-electron chi connectivity index (χ4n) is 4.53. The molecule has 1 atom stereocenters. The van der Waals surface area contributed by atoms with Crippen LogP contribution in [0.25, 0.3) is 27.7 Å². The van der Waals surface area contributed by atoms with Gasteiger partial charge in [0.05, 0.1) is 47.0 Å². The first kappa shape index (κ1) is 21.1. The van der Waals surface area contributed by atoms with Gasteiger partial charge in [-0.2, -0.15) is 4.98 Å². The molecule has 1 amide bonds. The smallest absolute Gasteiger partial charge is 0.286 e. The Morgan fingerprint density at radius 3 is 2.81 bits per heavy atom. The predicted octanol–water partition coefficient (Wildman–Crippen LogP) is 3.75. The highest BCUT2D eigenvalue weighted by Gasteiger charge is 2.49. The number of aromatic nitrogens is 5. The van der Waals surface area contributed by atoms with E-state index in [1.807, 2.05) is 0 Å². The van der Waals surface area contributed by atoms with Crippen molar-refractivity contribution in [3.8, 4) is 17.0 Å². The highest BCUT2D eigenvalue weighted by atomic mass is 19.3. The van der Waals surface area contributed by atoms with E-state index in [-0.39, 0.29) is 28.7 Å². The predicted molar refractivity (Wildman–Crippen MR) is 124 cm³/mol. The van der Waals surface area contributed by atoms with E-state index < -0.39 is 62.1 Å². The molecule has 5 rings (SSSR count). The quantitative estimate of drug-likeness (QED) is 0.385. The molecule has 1 aromatic carbocycles. The molecule has 1 aliphatic heterocycles. The Morgan fingerprint density at radius 2 is 2.14 bits per heavy atom. The number of amides is 1. The van der Waals surface area contributed by atoms with Crippen LogP contribution in [0.15, 0.2) is 24.4 Å². The second kappa shape index (κ2) is 8.85. The molecule has 0 saturated carbocycles. The number of hydrogen-bond donors (Lipinski definition) is 1. The fraction of sp³-hybridized carbons (Fsp3) is 0.391. The van der Waals surface area contributed by atoms with Gasteiger partial charge in [-0.25, -0.2) is 31.5 Å². The van der Waals surface area contributed by atoms with E-state index in [1.165, 1.54) is 22.8 Å². The summed E-state index contributed by atoms with van der Waals surface area (Å²) in [6.07, 6.45) is -1.80. The fourth-order valence-corrected chi connectivity index (χ4v) is 4.53. The number of rotatable bonds is 6. The van der Waals surface area contributed by atoms with Crippen molar-refractivity contribution >= 4 is 28.4 Å². The van der Waals surface area contributed by atoms with Crippen molar-refractivity contribution in [2.45, 2.75) is 38.8 Å². The van der Waals surface area contributed by atoms with E-state index in [0.29, 0.717) is 11.3 Å². The molecule has 1 saturated heterocycles. The highest BCUT2D eigenvalue weighted by Crippen LogP contribution is 2.36. The third-order valence-corrected chi connectivity index (χ3v) is 6.26. The van der Waals surface area contributed by atoms with Crippen LogP contribution in [0.3, 0.4) is 0 Å². The average molecular weight is 526 g/mol.